The van der Waals surface area contributed by atoms with Crippen LogP contribution in [0, 0.1) is 6.92 Å². The lowest BCUT2D eigenvalue weighted by molar-refractivity contribution is 0.0928. The van der Waals surface area contributed by atoms with Gasteiger partial charge in [0.15, 0.2) is 0 Å². The van der Waals surface area contributed by atoms with Gasteiger partial charge >= 0.3 is 0 Å². The number of hydrogen-bond acceptors (Lipinski definition) is 3. The summed E-state index contributed by atoms with van der Waals surface area (Å²) >= 11 is 0. The van der Waals surface area contributed by atoms with Crippen molar-refractivity contribution in [1.29, 1.82) is 0 Å². The Bertz CT molecular complexity index is 432. The van der Waals surface area contributed by atoms with Crippen LogP contribution in [0.15, 0.2) is 6.07 Å². The fraction of sp³-hybridized carbons (Fsp3) is 0.692. The molecule has 3 N–H and O–H groups in total. The highest BCUT2D eigenvalue weighted by Gasteiger charge is 2.28. The number of nitrogens with one attached hydrogen (secondary N) is 1. The molecule has 1 aliphatic rings. The predicted octanol–water partition coefficient (Wildman–Crippen LogP) is 1.12. The summed E-state index contributed by atoms with van der Waals surface area (Å²) in [5.74, 6) is -0.0894. The second-order valence-electron chi connectivity index (χ2n) is 5.40. The molecule has 0 aromatic carbocycles. The van der Waals surface area contributed by atoms with Gasteiger partial charge in [-0.25, -0.2) is 0 Å². The zero-order valence-corrected chi connectivity index (χ0v) is 11.2. The van der Waals surface area contributed by atoms with Crippen LogP contribution in [-0.4, -0.2) is 27.8 Å². The zero-order chi connectivity index (χ0) is 13.2. The first-order chi connectivity index (χ1) is 8.50. The van der Waals surface area contributed by atoms with Crippen molar-refractivity contribution in [2.24, 2.45) is 12.8 Å². The van der Waals surface area contributed by atoms with Crippen molar-refractivity contribution in [1.82, 2.24) is 15.1 Å². The summed E-state index contributed by atoms with van der Waals surface area (Å²) in [5, 5.41) is 7.11. The number of carbonyl (C=O) groups is 1. The minimum atomic E-state index is -0.221. The first-order valence-electron chi connectivity index (χ1n) is 6.58. The fourth-order valence-corrected chi connectivity index (χ4v) is 2.60. The molecule has 0 saturated heterocycles. The lowest BCUT2D eigenvalue weighted by Gasteiger charge is -2.33. The van der Waals surface area contributed by atoms with E-state index in [0.717, 1.165) is 31.4 Å². The first-order valence-corrected chi connectivity index (χ1v) is 6.58. The third-order valence-electron chi connectivity index (χ3n) is 3.68. The molecule has 1 amide bonds. The molecule has 1 heterocycles. The largest absolute Gasteiger partial charge is 0.349 e. The number of carbonyl (C=O) groups excluding carboxylic acids is 1. The second kappa shape index (κ2) is 5.10. The number of amides is 1. The topological polar surface area (TPSA) is 72.9 Å². The number of aromatic nitrogens is 2. The van der Waals surface area contributed by atoms with Gasteiger partial charge in [0.2, 0.25) is 0 Å². The van der Waals surface area contributed by atoms with Gasteiger partial charge in [-0.15, -0.1) is 0 Å². The van der Waals surface area contributed by atoms with E-state index in [-0.39, 0.29) is 11.4 Å². The van der Waals surface area contributed by atoms with Gasteiger partial charge < -0.3 is 11.1 Å². The van der Waals surface area contributed by atoms with E-state index in [1.54, 1.807) is 17.8 Å². The Balaban J connectivity index is 1.94. The molecule has 100 valence electrons. The van der Waals surface area contributed by atoms with E-state index in [2.05, 4.69) is 10.4 Å². The molecule has 1 fully saturated rings. The van der Waals surface area contributed by atoms with Crippen LogP contribution >= 0.6 is 0 Å². The summed E-state index contributed by atoms with van der Waals surface area (Å²) in [6, 6.07) is 1.79. The van der Waals surface area contributed by atoms with Gasteiger partial charge in [0, 0.05) is 19.1 Å². The molecular formula is C13H22N4O. The van der Waals surface area contributed by atoms with Crippen molar-refractivity contribution in [2.45, 2.75) is 44.6 Å². The van der Waals surface area contributed by atoms with Crippen LogP contribution in [0.5, 0.6) is 0 Å². The molecule has 5 heteroatoms. The number of aryl methyl sites for hydroxylation is 2. The molecule has 0 atom stereocenters. The van der Waals surface area contributed by atoms with Gasteiger partial charge in [-0.05, 0) is 25.8 Å². The number of nitrogens with zero attached hydrogens (tertiary/aromatic N) is 2. The third kappa shape index (κ3) is 2.90. The van der Waals surface area contributed by atoms with Crippen LogP contribution in [-0.2, 0) is 7.05 Å². The lowest BCUT2D eigenvalue weighted by Crippen LogP contribution is -2.51. The standard InChI is InChI=1S/C13H22N4O/c1-10-8-11(17(2)16-10)12(18)15-9-13(14)6-4-3-5-7-13/h8H,3-7,9,14H2,1-2H3,(H,15,18). The first kappa shape index (κ1) is 13.1. The monoisotopic (exact) mass is 250 g/mol. The van der Waals surface area contributed by atoms with E-state index in [0.29, 0.717) is 12.2 Å². The number of rotatable bonds is 3. The Morgan fingerprint density at radius 2 is 2.17 bits per heavy atom. The van der Waals surface area contributed by atoms with Crippen LogP contribution in [0.4, 0.5) is 0 Å². The quantitative estimate of drug-likeness (QED) is 0.844. The minimum absolute atomic E-state index is 0.0894. The van der Waals surface area contributed by atoms with Crippen molar-refractivity contribution in [3.63, 3.8) is 0 Å². The average molecular weight is 250 g/mol. The Morgan fingerprint density at radius 3 is 2.72 bits per heavy atom. The van der Waals surface area contributed by atoms with E-state index < -0.39 is 0 Å². The fourth-order valence-electron chi connectivity index (χ4n) is 2.60. The van der Waals surface area contributed by atoms with Crippen LogP contribution in [0.1, 0.15) is 48.3 Å². The molecule has 0 spiro atoms. The molecule has 0 bridgehead atoms. The summed E-state index contributed by atoms with van der Waals surface area (Å²) in [4.78, 5) is 12.0. The van der Waals surface area contributed by atoms with E-state index in [9.17, 15) is 4.79 Å². The van der Waals surface area contributed by atoms with Crippen molar-refractivity contribution in [3.05, 3.63) is 17.5 Å². The van der Waals surface area contributed by atoms with E-state index in [1.807, 2.05) is 6.92 Å². The second-order valence-corrected chi connectivity index (χ2v) is 5.40. The summed E-state index contributed by atoms with van der Waals surface area (Å²) in [5.41, 5.74) is 7.51. The van der Waals surface area contributed by atoms with E-state index in [1.165, 1.54) is 6.42 Å². The average Bonchev–Trinajstić information content (AvgIpc) is 2.67. The normalized spacial score (nSPS) is 18.6. The maximum absolute atomic E-state index is 12.0. The summed E-state index contributed by atoms with van der Waals surface area (Å²) in [6.07, 6.45) is 5.58. The van der Waals surface area contributed by atoms with Crippen LogP contribution in [0.2, 0.25) is 0 Å². The van der Waals surface area contributed by atoms with Crippen LogP contribution in [0.25, 0.3) is 0 Å². The molecule has 0 aliphatic heterocycles. The van der Waals surface area contributed by atoms with E-state index in [4.69, 9.17) is 5.73 Å². The van der Waals surface area contributed by atoms with Gasteiger partial charge in [0.05, 0.1) is 5.69 Å². The van der Waals surface area contributed by atoms with Crippen LogP contribution < -0.4 is 11.1 Å². The molecular weight excluding hydrogens is 228 g/mol. The van der Waals surface area contributed by atoms with Crippen molar-refractivity contribution < 1.29 is 4.79 Å². The molecule has 1 aromatic heterocycles. The maximum Gasteiger partial charge on any atom is 0.269 e. The molecule has 18 heavy (non-hydrogen) atoms. The molecule has 1 aromatic rings. The van der Waals surface area contributed by atoms with Gasteiger partial charge in [-0.2, -0.15) is 5.10 Å². The number of nitrogens with two attached hydrogens (primary N) is 1. The van der Waals surface area contributed by atoms with Gasteiger partial charge in [-0.1, -0.05) is 19.3 Å². The highest BCUT2D eigenvalue weighted by molar-refractivity contribution is 5.92. The Hall–Kier alpha value is -1.36. The minimum Gasteiger partial charge on any atom is -0.349 e. The molecule has 0 unspecified atom stereocenters. The van der Waals surface area contributed by atoms with Crippen molar-refractivity contribution >= 4 is 5.91 Å². The molecule has 2 rings (SSSR count). The highest BCUT2D eigenvalue weighted by atomic mass is 16.2. The SMILES string of the molecule is Cc1cc(C(=O)NCC2(N)CCCCC2)n(C)n1. The van der Waals surface area contributed by atoms with E-state index >= 15 is 0 Å². The van der Waals surface area contributed by atoms with Gasteiger partial charge in [0.25, 0.3) is 5.91 Å². The maximum atomic E-state index is 12.0. The van der Waals surface area contributed by atoms with Gasteiger partial charge in [-0.3, -0.25) is 9.48 Å². The third-order valence-corrected chi connectivity index (χ3v) is 3.68. The molecule has 1 aliphatic carbocycles. The Morgan fingerprint density at radius 1 is 1.50 bits per heavy atom. The Labute approximate surface area is 108 Å². The predicted molar refractivity (Wildman–Crippen MR) is 70.3 cm³/mol. The van der Waals surface area contributed by atoms with Crippen LogP contribution in [0.3, 0.4) is 0 Å². The van der Waals surface area contributed by atoms with Crippen molar-refractivity contribution in [3.8, 4) is 0 Å². The molecule has 0 radical (unpaired) electrons. The van der Waals surface area contributed by atoms with Crippen molar-refractivity contribution in [2.75, 3.05) is 6.54 Å². The smallest absolute Gasteiger partial charge is 0.269 e. The summed E-state index contributed by atoms with van der Waals surface area (Å²) < 4.78 is 1.61. The zero-order valence-electron chi connectivity index (χ0n) is 11.2. The van der Waals surface area contributed by atoms with Gasteiger partial charge in [0.1, 0.15) is 5.69 Å². The molecule has 1 saturated carbocycles. The summed E-state index contributed by atoms with van der Waals surface area (Å²) in [7, 11) is 1.78. The molecule has 5 nitrogen and oxygen atoms in total. The highest BCUT2D eigenvalue weighted by Crippen LogP contribution is 2.25. The lowest BCUT2D eigenvalue weighted by atomic mass is 9.82. The number of hydrogen-bond donors (Lipinski definition) is 2. The Kier molecular flexibility index (Phi) is 3.71. The summed E-state index contributed by atoms with van der Waals surface area (Å²) in [6.45, 7) is 2.43.